The van der Waals surface area contributed by atoms with Crippen molar-refractivity contribution in [3.8, 4) is 0 Å². The predicted octanol–water partition coefficient (Wildman–Crippen LogP) is 1.07. The maximum absolute atomic E-state index is 2.21. The van der Waals surface area contributed by atoms with E-state index in [0.29, 0.717) is 0 Å². The zero-order chi connectivity index (χ0) is 5.70. The molecule has 7 heavy (non-hydrogen) atoms. The van der Waals surface area contributed by atoms with E-state index in [1.54, 1.807) is 0 Å². The number of hydrogen-bond acceptors (Lipinski definition) is 0. The molecule has 0 aliphatic heterocycles. The van der Waals surface area contributed by atoms with Gasteiger partial charge < -0.3 is 0 Å². The summed E-state index contributed by atoms with van der Waals surface area (Å²) in [6.45, 7) is 6.28. The number of hydrogen-bond donors (Lipinski definition) is 0. The van der Waals surface area contributed by atoms with Crippen LogP contribution in [0.1, 0.15) is 20.8 Å². The Balaban J connectivity index is 4.54. The van der Waals surface area contributed by atoms with Gasteiger partial charge in [-0.2, -0.15) is 0 Å². The van der Waals surface area contributed by atoms with E-state index in [0.717, 1.165) is 0 Å². The molecule has 0 saturated heterocycles. The van der Waals surface area contributed by atoms with Crippen LogP contribution in [0.4, 0.5) is 0 Å². The van der Waals surface area contributed by atoms with Gasteiger partial charge in [-0.3, -0.25) is 0 Å². The SMILES string of the molecule is C[CH]=[Ni](=[CH]C)=[CH]C. The first-order valence-electron chi connectivity index (χ1n) is 2.28. The molecule has 0 atom stereocenters. The molecule has 0 unspecified atom stereocenters. The normalized spacial score (nSPS) is 9.86. The second kappa shape index (κ2) is 4.27. The molecule has 0 saturated carbocycles. The van der Waals surface area contributed by atoms with Gasteiger partial charge in [-0.25, -0.2) is 0 Å². The monoisotopic (exact) mass is 142 g/mol. The van der Waals surface area contributed by atoms with Crippen molar-refractivity contribution >= 4 is 15.0 Å². The predicted molar refractivity (Wildman–Crippen MR) is 35.2 cm³/mol. The van der Waals surface area contributed by atoms with Crippen LogP contribution in [-0.2, 0) is 12.1 Å². The fourth-order valence-corrected chi connectivity index (χ4v) is 1.30. The standard InChI is InChI=1S/3C2H4.Ni/c3*1-2;/h3*1H,2H3;. The van der Waals surface area contributed by atoms with Crippen molar-refractivity contribution in [3.63, 3.8) is 0 Å². The average molecular weight is 143 g/mol. The van der Waals surface area contributed by atoms with Crippen molar-refractivity contribution in [2.75, 3.05) is 0 Å². The van der Waals surface area contributed by atoms with Gasteiger partial charge in [0.15, 0.2) is 0 Å². The van der Waals surface area contributed by atoms with Crippen LogP contribution in [-0.4, -0.2) is 15.0 Å². The molecule has 0 aliphatic carbocycles. The van der Waals surface area contributed by atoms with Gasteiger partial charge in [0.05, 0.1) is 0 Å². The van der Waals surface area contributed by atoms with Gasteiger partial charge in [-0.15, -0.1) is 0 Å². The van der Waals surface area contributed by atoms with E-state index in [4.69, 9.17) is 0 Å². The Labute approximate surface area is 48.5 Å². The van der Waals surface area contributed by atoms with Crippen LogP contribution in [0, 0.1) is 0 Å². The zero-order valence-electron chi connectivity index (χ0n) is 5.05. The van der Waals surface area contributed by atoms with Crippen molar-refractivity contribution in [1.82, 2.24) is 0 Å². The van der Waals surface area contributed by atoms with Gasteiger partial charge in [0.25, 0.3) is 0 Å². The minimum absolute atomic E-state index is 0.264. The molecule has 0 aromatic carbocycles. The summed E-state index contributed by atoms with van der Waals surface area (Å²) in [6.07, 6.45) is 0. The maximum atomic E-state index is 2.21. The van der Waals surface area contributed by atoms with Crippen LogP contribution < -0.4 is 0 Å². The van der Waals surface area contributed by atoms with E-state index in [-0.39, 0.29) is 12.1 Å². The molecular weight excluding hydrogens is 131 g/mol. The zero-order valence-corrected chi connectivity index (χ0v) is 6.04. The molecule has 0 aliphatic rings. The summed E-state index contributed by atoms with van der Waals surface area (Å²) < 4.78 is 0. The Kier molecular flexibility index (Phi) is 4.33. The van der Waals surface area contributed by atoms with Crippen molar-refractivity contribution in [2.24, 2.45) is 0 Å². The molecule has 0 bridgehead atoms. The second-order valence-electron chi connectivity index (χ2n) is 0.864. The summed E-state index contributed by atoms with van der Waals surface area (Å²) in [5.41, 5.74) is 0. The Morgan fingerprint density at radius 3 is 1.14 bits per heavy atom. The molecule has 0 aromatic heterocycles. The van der Waals surface area contributed by atoms with Gasteiger partial charge in [-0.05, 0) is 0 Å². The molecule has 0 heterocycles. The summed E-state index contributed by atoms with van der Waals surface area (Å²) >= 11 is 0.264. The molecular formula is C6H12Ni. The fourth-order valence-electron chi connectivity index (χ4n) is 0.316. The summed E-state index contributed by atoms with van der Waals surface area (Å²) in [6, 6.07) is 0. The van der Waals surface area contributed by atoms with Crippen LogP contribution in [0.3, 0.4) is 0 Å². The van der Waals surface area contributed by atoms with Crippen molar-refractivity contribution in [3.05, 3.63) is 0 Å². The minimum atomic E-state index is 0.264. The third-order valence-electron chi connectivity index (χ3n) is 0.632. The van der Waals surface area contributed by atoms with Crippen LogP contribution in [0.2, 0.25) is 0 Å². The van der Waals surface area contributed by atoms with E-state index in [1.165, 1.54) is 0 Å². The molecule has 0 aromatic rings. The van der Waals surface area contributed by atoms with Crippen LogP contribution in [0.15, 0.2) is 0 Å². The van der Waals surface area contributed by atoms with Crippen molar-refractivity contribution in [1.29, 1.82) is 0 Å². The van der Waals surface area contributed by atoms with E-state index in [9.17, 15) is 0 Å². The van der Waals surface area contributed by atoms with E-state index in [1.807, 2.05) is 0 Å². The Morgan fingerprint density at radius 2 is 1.14 bits per heavy atom. The fraction of sp³-hybridized carbons (Fsp3) is 0.500. The summed E-state index contributed by atoms with van der Waals surface area (Å²) in [4.78, 5) is 6.62. The van der Waals surface area contributed by atoms with Crippen LogP contribution in [0.5, 0.6) is 0 Å². The van der Waals surface area contributed by atoms with E-state index < -0.39 is 0 Å². The molecule has 0 fully saturated rings. The summed E-state index contributed by atoms with van der Waals surface area (Å²) in [7, 11) is 0. The molecule has 0 nitrogen and oxygen atoms in total. The van der Waals surface area contributed by atoms with Crippen molar-refractivity contribution in [2.45, 2.75) is 20.8 Å². The third-order valence-corrected chi connectivity index (χ3v) is 2.61. The molecule has 0 amide bonds. The topological polar surface area (TPSA) is 0 Å². The van der Waals surface area contributed by atoms with E-state index in [2.05, 4.69) is 35.8 Å². The Bertz CT molecular complexity index is 125. The molecule has 0 radical (unpaired) electrons. The Morgan fingerprint density at radius 1 is 0.857 bits per heavy atom. The average Bonchev–Trinajstić information content (AvgIpc) is 1.72. The van der Waals surface area contributed by atoms with E-state index >= 15 is 0 Å². The van der Waals surface area contributed by atoms with Gasteiger partial charge in [0, 0.05) is 0 Å². The van der Waals surface area contributed by atoms with Gasteiger partial charge in [0.1, 0.15) is 0 Å². The third kappa shape index (κ3) is 2.76. The molecule has 0 N–H and O–H groups in total. The second-order valence-corrected chi connectivity index (χ2v) is 3.56. The van der Waals surface area contributed by atoms with Crippen LogP contribution >= 0.6 is 0 Å². The molecule has 0 spiro atoms. The summed E-state index contributed by atoms with van der Waals surface area (Å²) in [5.74, 6) is 0. The molecule has 46 valence electrons. The number of rotatable bonds is 0. The van der Waals surface area contributed by atoms with Gasteiger partial charge >= 0.3 is 47.9 Å². The first-order valence-corrected chi connectivity index (χ1v) is 3.99. The Hall–Kier alpha value is 0.104. The van der Waals surface area contributed by atoms with Crippen molar-refractivity contribution < 1.29 is 12.1 Å². The molecule has 0 rings (SSSR count). The van der Waals surface area contributed by atoms with Crippen LogP contribution in [0.25, 0.3) is 0 Å². The van der Waals surface area contributed by atoms with Gasteiger partial charge in [-0.1, -0.05) is 0 Å². The summed E-state index contributed by atoms with van der Waals surface area (Å²) in [5, 5.41) is 0. The first-order chi connectivity index (χ1) is 3.35. The quantitative estimate of drug-likeness (QED) is 0.445. The van der Waals surface area contributed by atoms with Gasteiger partial charge in [0.2, 0.25) is 0 Å². The molecule has 1 heteroatoms. The first kappa shape index (κ1) is 7.10.